The highest BCUT2D eigenvalue weighted by molar-refractivity contribution is 7.92. The summed E-state index contributed by atoms with van der Waals surface area (Å²) in [7, 11) is -1.40. The number of carbonyl (C=O) groups excluding carboxylic acids is 2. The number of rotatable bonds is 13. The predicted molar refractivity (Wildman–Crippen MR) is 176 cm³/mol. The van der Waals surface area contributed by atoms with Crippen LogP contribution in [-0.4, -0.2) is 58.0 Å². The third kappa shape index (κ3) is 8.29. The molecule has 0 heterocycles. The zero-order chi connectivity index (χ0) is 32.7. The van der Waals surface area contributed by atoms with E-state index >= 15 is 0 Å². The van der Waals surface area contributed by atoms with Crippen molar-refractivity contribution in [2.24, 2.45) is 0 Å². The molecule has 0 spiro atoms. The molecule has 242 valence electrons. The molecule has 0 saturated heterocycles. The number of aryl methyl sites for hydroxylation is 2. The van der Waals surface area contributed by atoms with Crippen molar-refractivity contribution < 1.29 is 27.5 Å². The number of benzene rings is 3. The molecule has 1 aliphatic carbocycles. The molecule has 3 aromatic carbocycles. The summed E-state index contributed by atoms with van der Waals surface area (Å²) in [6.07, 6.45) is 4.25. The minimum atomic E-state index is -4.29. The molecule has 3 aromatic rings. The molecular formula is C34H42ClN3O6S. The van der Waals surface area contributed by atoms with Crippen LogP contribution in [0.3, 0.4) is 0 Å². The molecule has 1 N–H and O–H groups in total. The third-order valence-electron chi connectivity index (χ3n) is 8.07. The second-order valence-electron chi connectivity index (χ2n) is 11.4. The Hall–Kier alpha value is -3.76. The zero-order valence-corrected chi connectivity index (χ0v) is 28.1. The molecule has 0 aromatic heterocycles. The van der Waals surface area contributed by atoms with Crippen LogP contribution in [0, 0.1) is 13.8 Å². The van der Waals surface area contributed by atoms with Gasteiger partial charge in [-0.3, -0.25) is 13.9 Å². The normalized spacial score (nSPS) is 14.1. The highest BCUT2D eigenvalue weighted by Crippen LogP contribution is 2.33. The summed E-state index contributed by atoms with van der Waals surface area (Å²) in [6.45, 7) is 5.16. The lowest BCUT2D eigenvalue weighted by Crippen LogP contribution is -2.53. The van der Waals surface area contributed by atoms with Crippen LogP contribution in [0.25, 0.3) is 0 Å². The van der Waals surface area contributed by atoms with E-state index in [9.17, 15) is 18.0 Å². The lowest BCUT2D eigenvalue weighted by atomic mass is 10.1. The Morgan fingerprint density at radius 2 is 1.56 bits per heavy atom. The van der Waals surface area contributed by atoms with Gasteiger partial charge in [0, 0.05) is 23.7 Å². The summed E-state index contributed by atoms with van der Waals surface area (Å²) in [5.41, 5.74) is 2.78. The van der Waals surface area contributed by atoms with Gasteiger partial charge in [0.15, 0.2) is 11.5 Å². The van der Waals surface area contributed by atoms with Crippen LogP contribution in [0.2, 0.25) is 5.02 Å². The molecule has 45 heavy (non-hydrogen) atoms. The molecule has 11 heteroatoms. The minimum Gasteiger partial charge on any atom is -0.493 e. The lowest BCUT2D eigenvalue weighted by Gasteiger charge is -2.34. The van der Waals surface area contributed by atoms with E-state index in [1.807, 2.05) is 26.8 Å². The highest BCUT2D eigenvalue weighted by atomic mass is 35.5. The molecule has 1 atom stereocenters. The Bertz CT molecular complexity index is 1590. The fraction of sp³-hybridized carbons (Fsp3) is 0.412. The molecule has 0 bridgehead atoms. The maximum atomic E-state index is 14.4. The van der Waals surface area contributed by atoms with Crippen LogP contribution in [0.1, 0.15) is 55.7 Å². The van der Waals surface area contributed by atoms with Crippen LogP contribution in [-0.2, 0) is 26.2 Å². The van der Waals surface area contributed by atoms with E-state index in [-0.39, 0.29) is 29.1 Å². The van der Waals surface area contributed by atoms with Gasteiger partial charge in [-0.1, -0.05) is 49.6 Å². The van der Waals surface area contributed by atoms with E-state index in [0.717, 1.165) is 46.7 Å². The van der Waals surface area contributed by atoms with Crippen molar-refractivity contribution in [1.82, 2.24) is 10.2 Å². The maximum Gasteiger partial charge on any atom is 0.264 e. The van der Waals surface area contributed by atoms with Crippen molar-refractivity contribution in [3.63, 3.8) is 0 Å². The van der Waals surface area contributed by atoms with Gasteiger partial charge in [-0.2, -0.15) is 0 Å². The number of nitrogens with one attached hydrogen (secondary N) is 1. The van der Waals surface area contributed by atoms with Gasteiger partial charge in [-0.05, 0) is 86.2 Å². The van der Waals surface area contributed by atoms with E-state index in [1.54, 1.807) is 36.4 Å². The number of hydrogen-bond acceptors (Lipinski definition) is 6. The fourth-order valence-electron chi connectivity index (χ4n) is 5.80. The van der Waals surface area contributed by atoms with E-state index < -0.39 is 28.5 Å². The van der Waals surface area contributed by atoms with Crippen molar-refractivity contribution in [3.05, 3.63) is 82.4 Å². The molecule has 1 saturated carbocycles. The van der Waals surface area contributed by atoms with E-state index in [0.29, 0.717) is 22.9 Å². The molecular weight excluding hydrogens is 614 g/mol. The summed E-state index contributed by atoms with van der Waals surface area (Å²) < 4.78 is 40.5. The van der Waals surface area contributed by atoms with Crippen molar-refractivity contribution in [2.75, 3.05) is 25.1 Å². The van der Waals surface area contributed by atoms with Gasteiger partial charge in [0.1, 0.15) is 12.6 Å². The van der Waals surface area contributed by atoms with Crippen LogP contribution in [0.4, 0.5) is 5.69 Å². The summed E-state index contributed by atoms with van der Waals surface area (Å²) in [5.74, 6) is -0.142. The van der Waals surface area contributed by atoms with Crippen LogP contribution < -0.4 is 19.1 Å². The molecule has 4 rings (SSSR count). The fourth-order valence-corrected chi connectivity index (χ4v) is 7.34. The van der Waals surface area contributed by atoms with Crippen molar-refractivity contribution in [1.29, 1.82) is 0 Å². The van der Waals surface area contributed by atoms with Crippen molar-refractivity contribution in [3.8, 4) is 11.5 Å². The number of sulfonamides is 1. The first-order valence-electron chi connectivity index (χ1n) is 15.1. The van der Waals surface area contributed by atoms with Gasteiger partial charge < -0.3 is 19.7 Å². The molecule has 0 unspecified atom stereocenters. The second-order valence-corrected chi connectivity index (χ2v) is 13.7. The topological polar surface area (TPSA) is 105 Å². The Morgan fingerprint density at radius 3 is 2.13 bits per heavy atom. The van der Waals surface area contributed by atoms with E-state index in [2.05, 4.69) is 5.32 Å². The Balaban J connectivity index is 1.77. The largest absolute Gasteiger partial charge is 0.493 e. The molecule has 1 aliphatic rings. The monoisotopic (exact) mass is 655 g/mol. The lowest BCUT2D eigenvalue weighted by molar-refractivity contribution is -0.140. The summed E-state index contributed by atoms with van der Waals surface area (Å²) >= 11 is 6.12. The number of nitrogens with zero attached hydrogens (tertiary/aromatic N) is 2. The van der Waals surface area contributed by atoms with Crippen molar-refractivity contribution >= 4 is 39.1 Å². The highest BCUT2D eigenvalue weighted by Gasteiger charge is 2.35. The Morgan fingerprint density at radius 1 is 0.933 bits per heavy atom. The average molecular weight is 656 g/mol. The molecule has 1 fully saturated rings. The number of anilines is 1. The minimum absolute atomic E-state index is 0.0660. The number of amides is 2. The predicted octanol–water partition coefficient (Wildman–Crippen LogP) is 6.04. The van der Waals surface area contributed by atoms with Crippen molar-refractivity contribution in [2.45, 2.75) is 76.4 Å². The van der Waals surface area contributed by atoms with Gasteiger partial charge in [-0.25, -0.2) is 8.42 Å². The Kier molecular flexibility index (Phi) is 11.4. The van der Waals surface area contributed by atoms with Gasteiger partial charge in [-0.15, -0.1) is 0 Å². The number of methoxy groups -OCH3 is 2. The smallest absolute Gasteiger partial charge is 0.264 e. The van der Waals surface area contributed by atoms with E-state index in [1.165, 1.54) is 37.3 Å². The maximum absolute atomic E-state index is 14.4. The van der Waals surface area contributed by atoms with Gasteiger partial charge in [0.25, 0.3) is 10.0 Å². The number of carbonyl (C=O) groups is 2. The van der Waals surface area contributed by atoms with Crippen LogP contribution in [0.5, 0.6) is 11.5 Å². The Labute approximate surface area is 271 Å². The van der Waals surface area contributed by atoms with Crippen LogP contribution in [0.15, 0.2) is 65.6 Å². The zero-order valence-electron chi connectivity index (χ0n) is 26.5. The number of hydrogen-bond donors (Lipinski definition) is 1. The summed E-state index contributed by atoms with van der Waals surface area (Å²) in [4.78, 5) is 29.4. The first kappa shape index (κ1) is 34.1. The van der Waals surface area contributed by atoms with Gasteiger partial charge >= 0.3 is 0 Å². The standard InChI is InChI=1S/C34H42ClN3O6S/c1-6-30(34(40)36-27-9-7-8-10-27)37(21-25-11-13-26(35)14-12-25)33(39)22-38(28-18-23(2)17-24(3)19-28)45(41,42)29-15-16-31(43-4)32(20-29)44-5/h11-20,27,30H,6-10,21-22H2,1-5H3,(H,36,40)/t30-/m1/s1. The first-order chi connectivity index (χ1) is 21.5. The quantitative estimate of drug-likeness (QED) is 0.241. The van der Waals surface area contributed by atoms with E-state index in [4.69, 9.17) is 21.1 Å². The molecule has 9 nitrogen and oxygen atoms in total. The number of halogens is 1. The van der Waals surface area contributed by atoms with Gasteiger partial charge in [0.05, 0.1) is 24.8 Å². The SMILES string of the molecule is CC[C@H](C(=O)NC1CCCC1)N(Cc1ccc(Cl)cc1)C(=O)CN(c1cc(C)cc(C)c1)S(=O)(=O)c1ccc(OC)c(OC)c1. The average Bonchev–Trinajstić information content (AvgIpc) is 3.52. The first-order valence-corrected chi connectivity index (χ1v) is 17.0. The molecule has 2 amide bonds. The summed E-state index contributed by atoms with van der Waals surface area (Å²) in [6, 6.07) is 16.0. The third-order valence-corrected chi connectivity index (χ3v) is 10.1. The van der Waals surface area contributed by atoms with Gasteiger partial charge in [0.2, 0.25) is 11.8 Å². The molecule has 0 aliphatic heterocycles. The number of ether oxygens (including phenoxy) is 2. The van der Waals surface area contributed by atoms with Crippen LogP contribution >= 0.6 is 11.6 Å². The molecule has 0 radical (unpaired) electrons. The second kappa shape index (κ2) is 15.0. The summed E-state index contributed by atoms with van der Waals surface area (Å²) in [5, 5.41) is 3.67.